The lowest BCUT2D eigenvalue weighted by molar-refractivity contribution is -0.138. The molecule has 0 bridgehead atoms. The number of benzene rings is 1. The van der Waals surface area contributed by atoms with Gasteiger partial charge in [-0.1, -0.05) is 6.07 Å². The van der Waals surface area contributed by atoms with Crippen LogP contribution in [0.25, 0.3) is 17.2 Å². The van der Waals surface area contributed by atoms with Gasteiger partial charge in [-0.15, -0.1) is 15.3 Å². The van der Waals surface area contributed by atoms with Crippen molar-refractivity contribution in [3.63, 3.8) is 0 Å². The van der Waals surface area contributed by atoms with Crippen molar-refractivity contribution in [1.29, 1.82) is 0 Å². The van der Waals surface area contributed by atoms with E-state index in [-0.39, 0.29) is 5.91 Å². The summed E-state index contributed by atoms with van der Waals surface area (Å²) in [4.78, 5) is 16.6. The molecule has 0 radical (unpaired) electrons. The number of anilines is 1. The third kappa shape index (κ3) is 3.86. The maximum Gasteiger partial charge on any atom is 0.263 e. The normalized spacial score (nSPS) is 15.2. The second-order valence-electron chi connectivity index (χ2n) is 7.49. The molecule has 1 atom stereocenters. The zero-order chi connectivity index (χ0) is 22.1. The van der Waals surface area contributed by atoms with Gasteiger partial charge in [0.05, 0.1) is 6.26 Å². The zero-order valence-electron chi connectivity index (χ0n) is 17.4. The van der Waals surface area contributed by atoms with Crippen molar-refractivity contribution in [3.8, 4) is 17.3 Å². The van der Waals surface area contributed by atoms with Gasteiger partial charge in [-0.3, -0.25) is 4.79 Å². The van der Waals surface area contributed by atoms with Crippen molar-refractivity contribution in [1.82, 2.24) is 24.7 Å². The van der Waals surface area contributed by atoms with Crippen molar-refractivity contribution in [2.75, 3.05) is 31.1 Å². The smallest absolute Gasteiger partial charge is 0.263 e. The second kappa shape index (κ2) is 8.29. The molecule has 0 aliphatic carbocycles. The quantitative estimate of drug-likeness (QED) is 0.475. The van der Waals surface area contributed by atoms with Gasteiger partial charge in [0.25, 0.3) is 5.91 Å². The summed E-state index contributed by atoms with van der Waals surface area (Å²) in [7, 11) is 0. The number of rotatable bonds is 5. The molecule has 1 saturated heterocycles. The van der Waals surface area contributed by atoms with Crippen LogP contribution in [0.15, 0.2) is 59.2 Å². The molecule has 4 aromatic rings. The number of amides is 1. The minimum Gasteiger partial charge on any atom is -0.481 e. The first-order valence-electron chi connectivity index (χ1n) is 10.3. The number of nitrogens with zero attached hydrogens (tertiary/aromatic N) is 6. The first kappa shape index (κ1) is 20.0. The number of carbonyl (C=O) groups excluding carboxylic acids is 1. The number of piperazine rings is 1. The maximum absolute atomic E-state index is 13.4. The van der Waals surface area contributed by atoms with Gasteiger partial charge in [-0.2, -0.15) is 4.52 Å². The molecule has 4 heterocycles. The lowest BCUT2D eigenvalue weighted by atomic mass is 10.2. The van der Waals surface area contributed by atoms with Gasteiger partial charge >= 0.3 is 0 Å². The molecule has 0 spiro atoms. The minimum absolute atomic E-state index is 0.128. The first-order valence-corrected chi connectivity index (χ1v) is 10.3. The fourth-order valence-corrected chi connectivity index (χ4v) is 3.72. The van der Waals surface area contributed by atoms with Gasteiger partial charge in [0.2, 0.25) is 5.82 Å². The lowest BCUT2D eigenvalue weighted by Crippen LogP contribution is -2.52. The second-order valence-corrected chi connectivity index (χ2v) is 7.49. The van der Waals surface area contributed by atoms with Gasteiger partial charge in [0.1, 0.15) is 17.4 Å². The van der Waals surface area contributed by atoms with Crippen LogP contribution < -0.4 is 9.64 Å². The van der Waals surface area contributed by atoms with Crippen molar-refractivity contribution in [2.24, 2.45) is 0 Å². The molecule has 1 aromatic carbocycles. The third-order valence-electron chi connectivity index (χ3n) is 5.36. The first-order chi connectivity index (χ1) is 15.6. The van der Waals surface area contributed by atoms with E-state index < -0.39 is 11.9 Å². The fraction of sp³-hybridized carbons (Fsp3) is 0.273. The number of carbonyl (C=O) groups is 1. The Hall–Kier alpha value is -3.95. The Balaban J connectivity index is 1.25. The summed E-state index contributed by atoms with van der Waals surface area (Å²) in [5.41, 5.74) is 0.622. The Bertz CT molecular complexity index is 1230. The number of aromatic nitrogens is 4. The van der Waals surface area contributed by atoms with E-state index in [9.17, 15) is 9.18 Å². The topological polar surface area (TPSA) is 89.0 Å². The molecule has 0 saturated carbocycles. The van der Waals surface area contributed by atoms with Crippen LogP contribution >= 0.6 is 0 Å². The van der Waals surface area contributed by atoms with E-state index in [1.54, 1.807) is 40.8 Å². The van der Waals surface area contributed by atoms with E-state index in [0.717, 1.165) is 5.82 Å². The lowest BCUT2D eigenvalue weighted by Gasteiger charge is -2.36. The molecule has 3 aromatic heterocycles. The third-order valence-corrected chi connectivity index (χ3v) is 5.36. The van der Waals surface area contributed by atoms with Gasteiger partial charge in [0.15, 0.2) is 17.5 Å². The van der Waals surface area contributed by atoms with Gasteiger partial charge in [-0.05, 0) is 43.3 Å². The number of hydrogen-bond donors (Lipinski definition) is 0. The predicted octanol–water partition coefficient (Wildman–Crippen LogP) is 2.64. The van der Waals surface area contributed by atoms with Crippen LogP contribution in [0.2, 0.25) is 0 Å². The largest absolute Gasteiger partial charge is 0.481 e. The van der Waals surface area contributed by atoms with Crippen LogP contribution in [0, 0.1) is 5.82 Å². The van der Waals surface area contributed by atoms with Crippen molar-refractivity contribution >= 4 is 17.4 Å². The average molecular weight is 436 g/mol. The number of halogens is 1. The maximum atomic E-state index is 13.4. The van der Waals surface area contributed by atoms with Gasteiger partial charge < -0.3 is 19.0 Å². The molecule has 32 heavy (non-hydrogen) atoms. The average Bonchev–Trinajstić information content (AvgIpc) is 3.48. The Morgan fingerprint density at radius 3 is 2.69 bits per heavy atom. The predicted molar refractivity (Wildman–Crippen MR) is 114 cm³/mol. The van der Waals surface area contributed by atoms with Gasteiger partial charge in [-0.25, -0.2) is 4.39 Å². The van der Waals surface area contributed by atoms with E-state index in [2.05, 4.69) is 20.2 Å². The van der Waals surface area contributed by atoms with Crippen LogP contribution in [0.3, 0.4) is 0 Å². The highest BCUT2D eigenvalue weighted by atomic mass is 19.1. The molecule has 164 valence electrons. The van der Waals surface area contributed by atoms with Crippen LogP contribution in [0.4, 0.5) is 10.2 Å². The number of hydrogen-bond acceptors (Lipinski definition) is 7. The molecule has 10 heteroatoms. The van der Waals surface area contributed by atoms with Crippen LogP contribution in [-0.2, 0) is 4.79 Å². The molecular weight excluding hydrogens is 415 g/mol. The monoisotopic (exact) mass is 436 g/mol. The summed E-state index contributed by atoms with van der Waals surface area (Å²) >= 11 is 0. The van der Waals surface area contributed by atoms with E-state index >= 15 is 0 Å². The Kier molecular flexibility index (Phi) is 5.18. The highest BCUT2D eigenvalue weighted by Crippen LogP contribution is 2.21. The molecule has 1 aliphatic rings. The molecule has 9 nitrogen and oxygen atoms in total. The molecule has 0 N–H and O–H groups in total. The summed E-state index contributed by atoms with van der Waals surface area (Å²) in [5, 5.41) is 13.0. The molecule has 1 fully saturated rings. The van der Waals surface area contributed by atoms with Crippen LogP contribution in [0.1, 0.15) is 6.92 Å². The summed E-state index contributed by atoms with van der Waals surface area (Å²) in [6.07, 6.45) is 0.876. The van der Waals surface area contributed by atoms with E-state index in [1.807, 2.05) is 18.2 Å². The Morgan fingerprint density at radius 2 is 1.94 bits per heavy atom. The molecular formula is C22H21FN6O3. The summed E-state index contributed by atoms with van der Waals surface area (Å²) < 4.78 is 26.1. The fourth-order valence-electron chi connectivity index (χ4n) is 3.72. The molecule has 5 rings (SSSR count). The van der Waals surface area contributed by atoms with Crippen LogP contribution in [0.5, 0.6) is 5.75 Å². The Morgan fingerprint density at radius 1 is 1.09 bits per heavy atom. The number of ether oxygens (including phenoxy) is 1. The number of furan rings is 1. The van der Waals surface area contributed by atoms with Crippen molar-refractivity contribution in [3.05, 3.63) is 60.6 Å². The highest BCUT2D eigenvalue weighted by molar-refractivity contribution is 5.81. The van der Waals surface area contributed by atoms with Crippen LogP contribution in [-0.4, -0.2) is 62.9 Å². The summed E-state index contributed by atoms with van der Waals surface area (Å²) in [6.45, 7) is 3.98. The van der Waals surface area contributed by atoms with Crippen molar-refractivity contribution in [2.45, 2.75) is 13.0 Å². The van der Waals surface area contributed by atoms with E-state index in [0.29, 0.717) is 49.2 Å². The van der Waals surface area contributed by atoms with Crippen molar-refractivity contribution < 1.29 is 18.3 Å². The summed E-state index contributed by atoms with van der Waals surface area (Å²) in [6, 6.07) is 13.1. The summed E-state index contributed by atoms with van der Waals surface area (Å²) in [5.74, 6) is 1.69. The SMILES string of the molecule is C[C@H](Oc1cccc(F)c1)C(=O)N1CCN(c2ccc3nnc(-c4ccco4)n3n2)CC1. The van der Waals surface area contributed by atoms with E-state index in [1.165, 1.54) is 12.1 Å². The minimum atomic E-state index is -0.703. The number of fused-ring (bicyclic) bond motifs is 1. The zero-order valence-corrected chi connectivity index (χ0v) is 17.4. The standard InChI is InChI=1S/C22H21FN6O3/c1-15(32-17-5-2-4-16(23)14-17)22(30)28-11-9-27(10-12-28)20-8-7-19-24-25-21(29(19)26-20)18-6-3-13-31-18/h2-8,13-15H,9-12H2,1H3/t15-/m0/s1. The van der Waals surface area contributed by atoms with E-state index in [4.69, 9.17) is 9.15 Å². The molecule has 1 amide bonds. The highest BCUT2D eigenvalue weighted by Gasteiger charge is 2.27. The molecule has 1 aliphatic heterocycles. The Labute approximate surface area is 183 Å². The van der Waals surface area contributed by atoms with Gasteiger partial charge in [0, 0.05) is 32.2 Å². The molecule has 0 unspecified atom stereocenters.